The van der Waals surface area contributed by atoms with Gasteiger partial charge in [0, 0.05) is 19.7 Å². The molecule has 1 aliphatic carbocycles. The van der Waals surface area contributed by atoms with E-state index in [9.17, 15) is 26.4 Å². The number of benzene rings is 1. The van der Waals surface area contributed by atoms with E-state index in [1.165, 1.54) is 19.9 Å². The third kappa shape index (κ3) is 4.36. The number of hydrogen-bond donors (Lipinski definition) is 2. The van der Waals surface area contributed by atoms with E-state index in [-0.39, 0.29) is 34.9 Å². The van der Waals surface area contributed by atoms with Crippen LogP contribution in [-0.4, -0.2) is 50.9 Å². The van der Waals surface area contributed by atoms with Gasteiger partial charge in [-0.2, -0.15) is 13.2 Å². The molecule has 1 aliphatic heterocycles. The maximum atomic E-state index is 13.1. The monoisotopic (exact) mass is 448 g/mol. The Morgan fingerprint density at radius 3 is 2.43 bits per heavy atom. The number of rotatable bonds is 6. The summed E-state index contributed by atoms with van der Waals surface area (Å²) in [5.41, 5.74) is -0.989. The number of methoxy groups -OCH3 is 1. The van der Waals surface area contributed by atoms with Gasteiger partial charge in [0.2, 0.25) is 5.91 Å². The lowest BCUT2D eigenvalue weighted by molar-refractivity contribution is -0.137. The third-order valence-electron chi connectivity index (χ3n) is 6.37. The molecule has 0 bridgehead atoms. The molecular formula is C20H27F3N2O4S. The highest BCUT2D eigenvalue weighted by Crippen LogP contribution is 2.44. The summed E-state index contributed by atoms with van der Waals surface area (Å²) in [6.45, 7) is 3.67. The molecule has 1 aromatic rings. The van der Waals surface area contributed by atoms with Crippen LogP contribution < -0.4 is 10.6 Å². The molecule has 0 aromatic heterocycles. The summed E-state index contributed by atoms with van der Waals surface area (Å²) in [6.07, 6.45) is -3.13. The van der Waals surface area contributed by atoms with Crippen molar-refractivity contribution in [1.82, 2.24) is 10.6 Å². The van der Waals surface area contributed by atoms with Gasteiger partial charge in [-0.05, 0) is 57.2 Å². The zero-order chi connectivity index (χ0) is 22.3. The Hall–Kier alpha value is -1.65. The minimum absolute atomic E-state index is 0.00794. The zero-order valence-corrected chi connectivity index (χ0v) is 17.9. The summed E-state index contributed by atoms with van der Waals surface area (Å²) in [6, 6.07) is 3.36. The van der Waals surface area contributed by atoms with Crippen LogP contribution in [0.5, 0.6) is 0 Å². The molecule has 1 saturated carbocycles. The number of ether oxygens (including phenoxy) is 1. The van der Waals surface area contributed by atoms with Gasteiger partial charge >= 0.3 is 6.18 Å². The van der Waals surface area contributed by atoms with E-state index in [1.807, 2.05) is 0 Å². The molecule has 1 saturated heterocycles. The van der Waals surface area contributed by atoms with Crippen molar-refractivity contribution in [2.75, 3.05) is 13.7 Å². The van der Waals surface area contributed by atoms with E-state index in [1.54, 1.807) is 7.11 Å². The van der Waals surface area contributed by atoms with E-state index in [0.29, 0.717) is 31.9 Å². The summed E-state index contributed by atoms with van der Waals surface area (Å²) >= 11 is 0. The maximum Gasteiger partial charge on any atom is 0.416 e. The van der Waals surface area contributed by atoms with Crippen LogP contribution in [0.3, 0.4) is 0 Å². The molecule has 3 rings (SSSR count). The van der Waals surface area contributed by atoms with Crippen molar-refractivity contribution in [3.63, 3.8) is 0 Å². The van der Waals surface area contributed by atoms with Crippen molar-refractivity contribution in [1.29, 1.82) is 0 Å². The smallest absolute Gasteiger partial charge is 0.380 e. The van der Waals surface area contributed by atoms with Crippen molar-refractivity contribution in [3.05, 3.63) is 29.8 Å². The van der Waals surface area contributed by atoms with Crippen LogP contribution in [0, 0.1) is 5.92 Å². The minimum atomic E-state index is -4.61. The first-order chi connectivity index (χ1) is 13.9. The normalized spacial score (nSPS) is 27.5. The van der Waals surface area contributed by atoms with Crippen LogP contribution in [0.1, 0.15) is 38.7 Å². The van der Waals surface area contributed by atoms with Crippen molar-refractivity contribution in [2.45, 2.75) is 67.1 Å². The molecule has 168 valence electrons. The molecule has 2 N–H and O–H groups in total. The van der Waals surface area contributed by atoms with Gasteiger partial charge < -0.3 is 15.4 Å². The van der Waals surface area contributed by atoms with Gasteiger partial charge in [-0.1, -0.05) is 6.07 Å². The van der Waals surface area contributed by atoms with Gasteiger partial charge in [-0.3, -0.25) is 4.79 Å². The van der Waals surface area contributed by atoms with Crippen LogP contribution in [-0.2, 0) is 25.5 Å². The maximum absolute atomic E-state index is 13.1. The Morgan fingerprint density at radius 1 is 1.20 bits per heavy atom. The summed E-state index contributed by atoms with van der Waals surface area (Å²) in [5, 5.41) is 6.02. The second kappa shape index (κ2) is 8.12. The lowest BCUT2D eigenvalue weighted by Gasteiger charge is -2.45. The molecule has 0 unspecified atom stereocenters. The molecule has 1 aromatic carbocycles. The molecule has 10 heteroatoms. The Balaban J connectivity index is 1.64. The van der Waals surface area contributed by atoms with Crippen LogP contribution in [0.4, 0.5) is 13.2 Å². The van der Waals surface area contributed by atoms with Gasteiger partial charge in [0.1, 0.15) is 0 Å². The Bertz CT molecular complexity index is 896. The van der Waals surface area contributed by atoms with Gasteiger partial charge in [0.05, 0.1) is 27.4 Å². The van der Waals surface area contributed by atoms with Gasteiger partial charge in [0.15, 0.2) is 9.84 Å². The number of nitrogens with one attached hydrogen (secondary N) is 2. The molecule has 0 radical (unpaired) electrons. The SMILES string of the molecule is CO[C@H]1CN[C@@H](C(=O)N[C@H]2C[C@@H](C(C)(C)S(=O)(=O)c3cccc(C(F)(F)F)c3)C2)C1. The third-order valence-corrected chi connectivity index (χ3v) is 8.97. The van der Waals surface area contributed by atoms with Gasteiger partial charge in [0.25, 0.3) is 0 Å². The molecule has 0 spiro atoms. The minimum Gasteiger partial charge on any atom is -0.380 e. The fourth-order valence-electron chi connectivity index (χ4n) is 4.05. The molecule has 2 fully saturated rings. The van der Waals surface area contributed by atoms with Crippen molar-refractivity contribution < 1.29 is 31.1 Å². The first kappa shape index (κ1) is 23.0. The second-order valence-corrected chi connectivity index (χ2v) is 11.1. The molecule has 2 aliphatic rings. The molecule has 1 heterocycles. The Kier molecular flexibility index (Phi) is 6.23. The van der Waals surface area contributed by atoms with Crippen molar-refractivity contribution >= 4 is 15.7 Å². The Labute approximate surface area is 174 Å². The van der Waals surface area contributed by atoms with E-state index in [2.05, 4.69) is 10.6 Å². The highest BCUT2D eigenvalue weighted by Gasteiger charge is 2.49. The summed E-state index contributed by atoms with van der Waals surface area (Å²) in [5.74, 6) is -0.415. The number of carbonyl (C=O) groups excluding carboxylic acids is 1. The van der Waals surface area contributed by atoms with E-state index >= 15 is 0 Å². The number of hydrogen-bond acceptors (Lipinski definition) is 5. The summed E-state index contributed by atoms with van der Waals surface area (Å²) < 4.78 is 69.1. The fourth-order valence-corrected chi connectivity index (χ4v) is 5.83. The van der Waals surface area contributed by atoms with Crippen LogP contribution in [0.25, 0.3) is 0 Å². The topological polar surface area (TPSA) is 84.5 Å². The van der Waals surface area contributed by atoms with E-state index in [4.69, 9.17) is 4.74 Å². The number of alkyl halides is 3. The molecule has 2 atom stereocenters. The molecular weight excluding hydrogens is 421 g/mol. The number of amides is 1. The quantitative estimate of drug-likeness (QED) is 0.699. The zero-order valence-electron chi connectivity index (χ0n) is 17.1. The first-order valence-electron chi connectivity index (χ1n) is 9.84. The predicted octanol–water partition coefficient (Wildman–Crippen LogP) is 2.53. The Morgan fingerprint density at radius 2 is 1.87 bits per heavy atom. The summed E-state index contributed by atoms with van der Waals surface area (Å²) in [4.78, 5) is 12.0. The van der Waals surface area contributed by atoms with Gasteiger partial charge in [-0.25, -0.2) is 8.42 Å². The van der Waals surface area contributed by atoms with E-state index in [0.717, 1.165) is 12.1 Å². The predicted molar refractivity (Wildman–Crippen MR) is 105 cm³/mol. The van der Waals surface area contributed by atoms with E-state index < -0.39 is 26.3 Å². The number of carbonyl (C=O) groups is 1. The fraction of sp³-hybridized carbons (Fsp3) is 0.650. The first-order valence-corrected chi connectivity index (χ1v) is 11.3. The number of sulfone groups is 1. The summed E-state index contributed by atoms with van der Waals surface area (Å²) in [7, 11) is -2.41. The average molecular weight is 449 g/mol. The van der Waals surface area contributed by atoms with Gasteiger partial charge in [-0.15, -0.1) is 0 Å². The molecule has 30 heavy (non-hydrogen) atoms. The number of halogens is 3. The highest BCUT2D eigenvalue weighted by molar-refractivity contribution is 7.92. The molecule has 6 nitrogen and oxygen atoms in total. The van der Waals surface area contributed by atoms with Crippen molar-refractivity contribution in [2.24, 2.45) is 5.92 Å². The average Bonchev–Trinajstić information content (AvgIpc) is 3.12. The lowest BCUT2D eigenvalue weighted by Crippen LogP contribution is -2.55. The molecule has 1 amide bonds. The van der Waals surface area contributed by atoms with Crippen molar-refractivity contribution in [3.8, 4) is 0 Å². The van der Waals surface area contributed by atoms with Crippen LogP contribution >= 0.6 is 0 Å². The lowest BCUT2D eigenvalue weighted by atomic mass is 9.73. The van der Waals surface area contributed by atoms with Crippen LogP contribution in [0.15, 0.2) is 29.2 Å². The highest BCUT2D eigenvalue weighted by atomic mass is 32.2. The largest absolute Gasteiger partial charge is 0.416 e. The van der Waals surface area contributed by atoms with Crippen LogP contribution in [0.2, 0.25) is 0 Å². The second-order valence-electron chi connectivity index (χ2n) is 8.56. The standard InChI is InChI=1S/C20H27F3N2O4S/c1-19(2,30(27,28)16-6-4-5-12(9-16)20(21,22)23)13-7-14(8-13)25-18(26)17-10-15(29-3)11-24-17/h4-6,9,13-15,17,24H,7-8,10-11H2,1-3H3,(H,25,26)/t13-,14+,15-,17-/m1/s1.